The molecular formula is C18H31NS. The molecule has 0 bridgehead atoms. The summed E-state index contributed by atoms with van der Waals surface area (Å²) in [6.45, 7) is 13.9. The van der Waals surface area contributed by atoms with Gasteiger partial charge < -0.3 is 5.32 Å². The predicted molar refractivity (Wildman–Crippen MR) is 92.4 cm³/mol. The Morgan fingerprint density at radius 1 is 1.05 bits per heavy atom. The summed E-state index contributed by atoms with van der Waals surface area (Å²) >= 11 is 1.98. The highest BCUT2D eigenvalue weighted by Crippen LogP contribution is 2.30. The number of rotatable bonds is 8. The van der Waals surface area contributed by atoms with Crippen molar-refractivity contribution in [3.63, 3.8) is 0 Å². The normalized spacial score (nSPS) is 13.7. The first-order valence-corrected chi connectivity index (χ1v) is 8.76. The maximum Gasteiger partial charge on any atom is 0.00719 e. The van der Waals surface area contributed by atoms with Crippen LogP contribution < -0.4 is 5.32 Å². The first-order valence-electron chi connectivity index (χ1n) is 7.78. The van der Waals surface area contributed by atoms with Crippen LogP contribution in [0.25, 0.3) is 0 Å². The van der Waals surface area contributed by atoms with Crippen LogP contribution in [0.5, 0.6) is 0 Å². The van der Waals surface area contributed by atoms with Crippen molar-refractivity contribution in [1.82, 2.24) is 5.32 Å². The van der Waals surface area contributed by atoms with Gasteiger partial charge in [-0.25, -0.2) is 0 Å². The van der Waals surface area contributed by atoms with Gasteiger partial charge >= 0.3 is 0 Å². The molecule has 114 valence electrons. The van der Waals surface area contributed by atoms with Gasteiger partial charge in [-0.3, -0.25) is 0 Å². The van der Waals surface area contributed by atoms with Crippen molar-refractivity contribution in [1.29, 1.82) is 0 Å². The molecule has 0 fully saturated rings. The summed E-state index contributed by atoms with van der Waals surface area (Å²) in [6.07, 6.45) is 1.27. The molecule has 0 aliphatic heterocycles. The van der Waals surface area contributed by atoms with E-state index < -0.39 is 0 Å². The lowest BCUT2D eigenvalue weighted by atomic mass is 9.79. The number of hydrogen-bond donors (Lipinski definition) is 1. The van der Waals surface area contributed by atoms with Gasteiger partial charge in [-0.05, 0) is 54.6 Å². The third kappa shape index (κ3) is 7.35. The number of thioether (sulfide) groups is 1. The van der Waals surface area contributed by atoms with Gasteiger partial charge in [0.05, 0.1) is 0 Å². The van der Waals surface area contributed by atoms with Gasteiger partial charge in [-0.15, -0.1) is 11.8 Å². The first kappa shape index (κ1) is 17.6. The molecular weight excluding hydrogens is 262 g/mol. The number of nitrogens with one attached hydrogen (secondary N) is 1. The van der Waals surface area contributed by atoms with E-state index in [2.05, 4.69) is 70.3 Å². The molecule has 1 rings (SSSR count). The summed E-state index contributed by atoms with van der Waals surface area (Å²) < 4.78 is 0. The van der Waals surface area contributed by atoms with E-state index in [1.165, 1.54) is 17.1 Å². The van der Waals surface area contributed by atoms with E-state index in [1.54, 1.807) is 0 Å². The van der Waals surface area contributed by atoms with Crippen molar-refractivity contribution in [2.45, 2.75) is 45.9 Å². The smallest absolute Gasteiger partial charge is 0.00719 e. The molecule has 0 aliphatic rings. The number of benzene rings is 1. The van der Waals surface area contributed by atoms with E-state index in [1.807, 2.05) is 11.8 Å². The molecule has 1 aromatic rings. The lowest BCUT2D eigenvalue weighted by molar-refractivity contribution is 0.225. The summed E-state index contributed by atoms with van der Waals surface area (Å²) in [4.78, 5) is 1.38. The predicted octanol–water partition coefficient (Wildman–Crippen LogP) is 5.08. The van der Waals surface area contributed by atoms with Crippen molar-refractivity contribution < 1.29 is 0 Å². The summed E-state index contributed by atoms with van der Waals surface area (Å²) in [5, 5.41) is 3.63. The van der Waals surface area contributed by atoms with Gasteiger partial charge in [-0.1, -0.05) is 52.8 Å². The van der Waals surface area contributed by atoms with Crippen LogP contribution in [0.3, 0.4) is 0 Å². The Labute approximate surface area is 129 Å². The Hall–Kier alpha value is -0.470. The summed E-state index contributed by atoms with van der Waals surface area (Å²) in [6, 6.07) is 10.7. The van der Waals surface area contributed by atoms with E-state index in [4.69, 9.17) is 0 Å². The van der Waals surface area contributed by atoms with Crippen LogP contribution in [0.2, 0.25) is 0 Å². The molecule has 0 spiro atoms. The second-order valence-electron chi connectivity index (χ2n) is 7.07. The van der Waals surface area contributed by atoms with Crippen LogP contribution in [0, 0.1) is 17.3 Å². The van der Waals surface area contributed by atoms with Gasteiger partial charge in [0.15, 0.2) is 0 Å². The van der Waals surface area contributed by atoms with E-state index in [0.717, 1.165) is 24.9 Å². The van der Waals surface area contributed by atoms with Crippen LogP contribution >= 0.6 is 11.8 Å². The van der Waals surface area contributed by atoms with Crippen LogP contribution in [-0.2, 0) is 0 Å². The maximum atomic E-state index is 3.63. The molecule has 2 heteroatoms. The Balaban J connectivity index is 2.37. The second-order valence-corrected chi connectivity index (χ2v) is 8.23. The van der Waals surface area contributed by atoms with Crippen LogP contribution in [0.15, 0.2) is 35.2 Å². The highest BCUT2D eigenvalue weighted by atomic mass is 32.2. The lowest BCUT2D eigenvalue weighted by Crippen LogP contribution is -2.34. The molecule has 0 aromatic heterocycles. The summed E-state index contributed by atoms with van der Waals surface area (Å²) in [5.41, 5.74) is 0.376. The maximum absolute atomic E-state index is 3.63. The fourth-order valence-electron chi connectivity index (χ4n) is 2.22. The van der Waals surface area contributed by atoms with E-state index in [0.29, 0.717) is 5.41 Å². The highest BCUT2D eigenvalue weighted by molar-refractivity contribution is 7.99. The Kier molecular flexibility index (Phi) is 7.68. The van der Waals surface area contributed by atoms with Gasteiger partial charge in [-0.2, -0.15) is 0 Å². The topological polar surface area (TPSA) is 12.0 Å². The minimum atomic E-state index is 0.376. The fraction of sp³-hybridized carbons (Fsp3) is 0.667. The SMILES string of the molecule is CC(C)CNCC(CCSc1ccccc1)C(C)(C)C. The Morgan fingerprint density at radius 3 is 2.25 bits per heavy atom. The minimum absolute atomic E-state index is 0.376. The van der Waals surface area contributed by atoms with Crippen LogP contribution in [0.1, 0.15) is 41.0 Å². The molecule has 20 heavy (non-hydrogen) atoms. The molecule has 0 heterocycles. The monoisotopic (exact) mass is 293 g/mol. The third-order valence-electron chi connectivity index (χ3n) is 3.65. The Morgan fingerprint density at radius 2 is 1.70 bits per heavy atom. The molecule has 1 nitrogen and oxygen atoms in total. The molecule has 0 aliphatic carbocycles. The standard InChI is InChI=1S/C18H31NS/c1-15(2)13-19-14-16(18(3,4)5)11-12-20-17-9-7-6-8-10-17/h6-10,15-16,19H,11-14H2,1-5H3. The summed E-state index contributed by atoms with van der Waals surface area (Å²) in [7, 11) is 0. The summed E-state index contributed by atoms with van der Waals surface area (Å²) in [5.74, 6) is 2.67. The van der Waals surface area contributed by atoms with Crippen molar-refractivity contribution in [2.75, 3.05) is 18.8 Å². The largest absolute Gasteiger partial charge is 0.316 e. The van der Waals surface area contributed by atoms with Crippen molar-refractivity contribution >= 4 is 11.8 Å². The first-order chi connectivity index (χ1) is 9.39. The molecule has 0 saturated heterocycles. The minimum Gasteiger partial charge on any atom is -0.316 e. The molecule has 1 N–H and O–H groups in total. The van der Waals surface area contributed by atoms with Crippen molar-refractivity contribution in [3.8, 4) is 0 Å². The molecule has 1 unspecified atom stereocenters. The average molecular weight is 294 g/mol. The van der Waals surface area contributed by atoms with Crippen molar-refractivity contribution in [2.24, 2.45) is 17.3 Å². The Bertz CT molecular complexity index is 353. The van der Waals surface area contributed by atoms with Gasteiger partial charge in [0.2, 0.25) is 0 Å². The average Bonchev–Trinajstić information content (AvgIpc) is 2.36. The van der Waals surface area contributed by atoms with Gasteiger partial charge in [0, 0.05) is 4.90 Å². The molecule has 0 amide bonds. The highest BCUT2D eigenvalue weighted by Gasteiger charge is 2.23. The number of hydrogen-bond acceptors (Lipinski definition) is 2. The van der Waals surface area contributed by atoms with E-state index >= 15 is 0 Å². The quantitative estimate of drug-likeness (QED) is 0.671. The second kappa shape index (κ2) is 8.74. The van der Waals surface area contributed by atoms with Crippen molar-refractivity contribution in [3.05, 3.63) is 30.3 Å². The molecule has 1 aromatic carbocycles. The molecule has 0 saturated carbocycles. The lowest BCUT2D eigenvalue weighted by Gasteiger charge is -2.31. The third-order valence-corrected chi connectivity index (χ3v) is 4.69. The van der Waals surface area contributed by atoms with Crippen LogP contribution in [-0.4, -0.2) is 18.8 Å². The fourth-order valence-corrected chi connectivity index (χ4v) is 3.21. The van der Waals surface area contributed by atoms with E-state index in [9.17, 15) is 0 Å². The zero-order chi connectivity index (χ0) is 15.0. The molecule has 1 atom stereocenters. The molecule has 0 radical (unpaired) electrons. The zero-order valence-corrected chi connectivity index (χ0v) is 14.6. The van der Waals surface area contributed by atoms with E-state index in [-0.39, 0.29) is 0 Å². The zero-order valence-electron chi connectivity index (χ0n) is 13.8. The van der Waals surface area contributed by atoms with Gasteiger partial charge in [0.25, 0.3) is 0 Å². The van der Waals surface area contributed by atoms with Crippen LogP contribution in [0.4, 0.5) is 0 Å². The van der Waals surface area contributed by atoms with Gasteiger partial charge in [0.1, 0.15) is 0 Å².